The number of rotatable bonds is 4. The van der Waals surface area contributed by atoms with E-state index in [1.807, 2.05) is 62.4 Å². The summed E-state index contributed by atoms with van der Waals surface area (Å²) in [5.74, 6) is 0.756. The monoisotopic (exact) mass is 353 g/mol. The highest BCUT2D eigenvalue weighted by atomic mass is 16.3. The van der Waals surface area contributed by atoms with Gasteiger partial charge in [0.05, 0.1) is 22.8 Å². The van der Waals surface area contributed by atoms with Crippen LogP contribution in [0.5, 0.6) is 0 Å². The van der Waals surface area contributed by atoms with Crippen LogP contribution in [0, 0.1) is 11.3 Å². The maximum atomic E-state index is 9.62. The Labute approximate surface area is 158 Å². The number of anilines is 1. The molecule has 4 nitrogen and oxygen atoms in total. The molecule has 0 aliphatic heterocycles. The zero-order valence-electron chi connectivity index (χ0n) is 15.2. The van der Waals surface area contributed by atoms with E-state index in [0.717, 1.165) is 33.5 Å². The van der Waals surface area contributed by atoms with Gasteiger partial charge in [-0.2, -0.15) is 5.26 Å². The van der Waals surface area contributed by atoms with Crippen molar-refractivity contribution in [1.29, 1.82) is 5.26 Å². The van der Waals surface area contributed by atoms with Crippen molar-refractivity contribution in [1.82, 2.24) is 4.98 Å². The molecule has 0 saturated heterocycles. The SMILES string of the molecule is CC(C)Nc1c(C#N)cnc2oc(-c3ccccc3)c(-c3ccccc3)c12. The van der Waals surface area contributed by atoms with Crippen molar-refractivity contribution in [3.8, 4) is 28.5 Å². The minimum atomic E-state index is 0.168. The molecular weight excluding hydrogens is 334 g/mol. The van der Waals surface area contributed by atoms with Crippen LogP contribution in [0.3, 0.4) is 0 Å². The first kappa shape index (κ1) is 16.9. The fourth-order valence-electron chi connectivity index (χ4n) is 3.26. The van der Waals surface area contributed by atoms with E-state index in [1.54, 1.807) is 6.20 Å². The summed E-state index contributed by atoms with van der Waals surface area (Å²) < 4.78 is 6.20. The van der Waals surface area contributed by atoms with E-state index in [4.69, 9.17) is 4.42 Å². The van der Waals surface area contributed by atoms with E-state index < -0.39 is 0 Å². The van der Waals surface area contributed by atoms with Crippen LogP contribution in [-0.2, 0) is 0 Å². The summed E-state index contributed by atoms with van der Waals surface area (Å²) in [6.07, 6.45) is 1.57. The quantitative estimate of drug-likeness (QED) is 0.499. The second kappa shape index (κ2) is 6.97. The van der Waals surface area contributed by atoms with Crippen LogP contribution in [0.1, 0.15) is 19.4 Å². The number of aromatic nitrogens is 1. The standard InChI is InChI=1S/C23H19N3O/c1-15(2)26-21-18(13-24)14-25-23-20(21)19(16-9-5-3-6-10-16)22(27-23)17-11-7-4-8-12-17/h3-12,14-15H,1-2H3,(H,25,26). The largest absolute Gasteiger partial charge is 0.437 e. The molecule has 0 aliphatic rings. The second-order valence-electron chi connectivity index (χ2n) is 6.68. The Kier molecular flexibility index (Phi) is 4.35. The summed E-state index contributed by atoms with van der Waals surface area (Å²) in [4.78, 5) is 4.42. The summed E-state index contributed by atoms with van der Waals surface area (Å²) in [6, 6.07) is 22.5. The van der Waals surface area contributed by atoms with Crippen molar-refractivity contribution in [2.24, 2.45) is 0 Å². The molecule has 27 heavy (non-hydrogen) atoms. The number of nitrogens with one attached hydrogen (secondary N) is 1. The van der Waals surface area contributed by atoms with Gasteiger partial charge in [-0.25, -0.2) is 4.98 Å². The summed E-state index contributed by atoms with van der Waals surface area (Å²) in [5.41, 5.74) is 4.75. The van der Waals surface area contributed by atoms with Crippen molar-refractivity contribution < 1.29 is 4.42 Å². The lowest BCUT2D eigenvalue weighted by Crippen LogP contribution is -2.11. The molecule has 4 rings (SSSR count). The lowest BCUT2D eigenvalue weighted by molar-refractivity contribution is 0.619. The third-order valence-corrected chi connectivity index (χ3v) is 4.37. The van der Waals surface area contributed by atoms with Gasteiger partial charge in [-0.3, -0.25) is 0 Å². The van der Waals surface area contributed by atoms with Crippen LogP contribution in [0.2, 0.25) is 0 Å². The first-order chi connectivity index (χ1) is 13.2. The van der Waals surface area contributed by atoms with Crippen molar-refractivity contribution in [3.63, 3.8) is 0 Å². The lowest BCUT2D eigenvalue weighted by atomic mass is 9.97. The molecule has 0 bridgehead atoms. The summed E-state index contributed by atoms with van der Waals surface area (Å²) in [6.45, 7) is 4.10. The highest BCUT2D eigenvalue weighted by molar-refractivity contribution is 6.08. The molecule has 0 saturated carbocycles. The normalized spacial score (nSPS) is 10.9. The number of furan rings is 1. The highest BCUT2D eigenvalue weighted by Gasteiger charge is 2.23. The van der Waals surface area contributed by atoms with Crippen LogP contribution < -0.4 is 5.32 Å². The minimum Gasteiger partial charge on any atom is -0.437 e. The molecule has 1 N–H and O–H groups in total. The van der Waals surface area contributed by atoms with Crippen LogP contribution in [0.4, 0.5) is 5.69 Å². The maximum absolute atomic E-state index is 9.62. The van der Waals surface area contributed by atoms with Crippen molar-refractivity contribution >= 4 is 16.8 Å². The van der Waals surface area contributed by atoms with Crippen molar-refractivity contribution in [3.05, 3.63) is 72.4 Å². The molecule has 132 valence electrons. The van der Waals surface area contributed by atoms with Gasteiger partial charge >= 0.3 is 0 Å². The molecule has 0 amide bonds. The first-order valence-corrected chi connectivity index (χ1v) is 8.92. The minimum absolute atomic E-state index is 0.168. The zero-order chi connectivity index (χ0) is 18.8. The second-order valence-corrected chi connectivity index (χ2v) is 6.68. The number of fused-ring (bicyclic) bond motifs is 1. The predicted molar refractivity (Wildman–Crippen MR) is 108 cm³/mol. The molecule has 0 radical (unpaired) electrons. The maximum Gasteiger partial charge on any atom is 0.229 e. The number of hydrogen-bond donors (Lipinski definition) is 1. The lowest BCUT2D eigenvalue weighted by Gasteiger charge is -2.13. The molecule has 0 spiro atoms. The first-order valence-electron chi connectivity index (χ1n) is 8.92. The fourth-order valence-corrected chi connectivity index (χ4v) is 3.26. The Balaban J connectivity index is 2.12. The molecule has 2 aromatic carbocycles. The number of hydrogen-bond acceptors (Lipinski definition) is 4. The molecular formula is C23H19N3O. The molecule has 0 fully saturated rings. The Bertz CT molecular complexity index is 1120. The average molecular weight is 353 g/mol. The molecule has 0 aliphatic carbocycles. The van der Waals surface area contributed by atoms with Gasteiger partial charge < -0.3 is 9.73 Å². The van der Waals surface area contributed by atoms with Gasteiger partial charge in [-0.15, -0.1) is 0 Å². The van der Waals surface area contributed by atoms with E-state index >= 15 is 0 Å². The molecule has 0 unspecified atom stereocenters. The zero-order valence-corrected chi connectivity index (χ0v) is 15.2. The Hall–Kier alpha value is -3.58. The van der Waals surface area contributed by atoms with Gasteiger partial charge in [-0.1, -0.05) is 60.7 Å². The van der Waals surface area contributed by atoms with Crippen LogP contribution in [0.15, 0.2) is 71.3 Å². The molecule has 4 heteroatoms. The molecule has 4 aromatic rings. The highest BCUT2D eigenvalue weighted by Crippen LogP contribution is 2.44. The van der Waals surface area contributed by atoms with Gasteiger partial charge in [0.15, 0.2) is 0 Å². The molecule has 0 atom stereocenters. The average Bonchev–Trinajstić information content (AvgIpc) is 3.09. The number of nitrogens with zero attached hydrogens (tertiary/aromatic N) is 2. The van der Waals surface area contributed by atoms with Crippen LogP contribution in [0.25, 0.3) is 33.6 Å². The number of pyridine rings is 1. The van der Waals surface area contributed by atoms with E-state index in [0.29, 0.717) is 11.3 Å². The Morgan fingerprint density at radius 2 is 1.59 bits per heavy atom. The van der Waals surface area contributed by atoms with Gasteiger partial charge in [-0.05, 0) is 19.4 Å². The number of benzene rings is 2. The topological polar surface area (TPSA) is 61.9 Å². The van der Waals surface area contributed by atoms with Gasteiger partial charge in [0.25, 0.3) is 0 Å². The number of nitriles is 1. The van der Waals surface area contributed by atoms with E-state index in [2.05, 4.69) is 28.5 Å². The summed E-state index contributed by atoms with van der Waals surface area (Å²) in [7, 11) is 0. The van der Waals surface area contributed by atoms with Gasteiger partial charge in [0.2, 0.25) is 5.71 Å². The van der Waals surface area contributed by atoms with E-state index in [-0.39, 0.29) is 6.04 Å². The predicted octanol–water partition coefficient (Wildman–Crippen LogP) is 5.85. The summed E-state index contributed by atoms with van der Waals surface area (Å²) in [5, 5.41) is 13.9. The van der Waals surface area contributed by atoms with Crippen molar-refractivity contribution in [2.75, 3.05) is 5.32 Å². The Morgan fingerprint density at radius 1 is 0.963 bits per heavy atom. The molecule has 2 heterocycles. The van der Waals surface area contributed by atoms with Gasteiger partial charge in [0.1, 0.15) is 11.8 Å². The van der Waals surface area contributed by atoms with E-state index in [1.165, 1.54) is 0 Å². The summed E-state index contributed by atoms with van der Waals surface area (Å²) >= 11 is 0. The van der Waals surface area contributed by atoms with Crippen LogP contribution >= 0.6 is 0 Å². The van der Waals surface area contributed by atoms with Gasteiger partial charge in [0, 0.05) is 17.2 Å². The third kappa shape index (κ3) is 3.04. The fraction of sp³-hybridized carbons (Fsp3) is 0.130. The smallest absolute Gasteiger partial charge is 0.229 e. The van der Waals surface area contributed by atoms with Crippen molar-refractivity contribution in [2.45, 2.75) is 19.9 Å². The Morgan fingerprint density at radius 3 is 2.19 bits per heavy atom. The van der Waals surface area contributed by atoms with E-state index in [9.17, 15) is 5.26 Å². The molecule has 2 aromatic heterocycles. The third-order valence-electron chi connectivity index (χ3n) is 4.37. The van der Waals surface area contributed by atoms with Crippen LogP contribution in [-0.4, -0.2) is 11.0 Å².